The van der Waals surface area contributed by atoms with Crippen molar-refractivity contribution in [2.24, 2.45) is 0 Å². The normalized spacial score (nSPS) is 13.8. The first-order valence-corrected chi connectivity index (χ1v) is 10.3. The minimum atomic E-state index is -4.86. The SMILES string of the molecule is O=C1C(=Cc2cc3oc(-c4ccccc4)nc3n2C(F)(F)F)C(=O)c2cc3ccccc3cc21. The van der Waals surface area contributed by atoms with E-state index in [0.717, 1.165) is 22.9 Å². The van der Waals surface area contributed by atoms with Crippen molar-refractivity contribution >= 4 is 39.6 Å². The summed E-state index contributed by atoms with van der Waals surface area (Å²) in [5.41, 5.74) is -0.428. The lowest BCUT2D eigenvalue weighted by molar-refractivity contribution is -0.201. The van der Waals surface area contributed by atoms with Crippen LogP contribution in [0.5, 0.6) is 0 Å². The summed E-state index contributed by atoms with van der Waals surface area (Å²) in [7, 11) is 0. The Morgan fingerprint density at radius 1 is 0.824 bits per heavy atom. The highest BCUT2D eigenvalue weighted by Gasteiger charge is 2.38. The molecule has 0 fully saturated rings. The lowest BCUT2D eigenvalue weighted by Gasteiger charge is -2.10. The van der Waals surface area contributed by atoms with E-state index >= 15 is 0 Å². The molecule has 0 N–H and O–H groups in total. The van der Waals surface area contributed by atoms with Gasteiger partial charge in [-0.3, -0.25) is 9.59 Å². The van der Waals surface area contributed by atoms with Gasteiger partial charge in [0.2, 0.25) is 5.89 Å². The maximum atomic E-state index is 14.0. The van der Waals surface area contributed by atoms with E-state index in [1.165, 1.54) is 0 Å². The number of carbonyl (C=O) groups excluding carboxylic acids is 2. The van der Waals surface area contributed by atoms with Gasteiger partial charge in [0.25, 0.3) is 0 Å². The number of rotatable bonds is 2. The quantitative estimate of drug-likeness (QED) is 0.227. The van der Waals surface area contributed by atoms with E-state index in [1.807, 2.05) is 0 Å². The molecule has 0 atom stereocenters. The molecule has 5 aromatic rings. The van der Waals surface area contributed by atoms with Crippen LogP contribution in [0.1, 0.15) is 26.4 Å². The molecule has 2 aromatic heterocycles. The Bertz CT molecular complexity index is 1620. The number of oxazole rings is 1. The highest BCUT2D eigenvalue weighted by Crippen LogP contribution is 2.37. The molecule has 166 valence electrons. The average Bonchev–Trinajstić information content (AvgIpc) is 3.44. The monoisotopic (exact) mass is 458 g/mol. The van der Waals surface area contributed by atoms with E-state index in [0.29, 0.717) is 5.56 Å². The molecule has 3 aromatic carbocycles. The van der Waals surface area contributed by atoms with Crippen molar-refractivity contribution in [1.82, 2.24) is 9.55 Å². The van der Waals surface area contributed by atoms with Gasteiger partial charge in [0, 0.05) is 22.8 Å². The van der Waals surface area contributed by atoms with Crippen molar-refractivity contribution in [1.29, 1.82) is 0 Å². The van der Waals surface area contributed by atoms with Crippen molar-refractivity contribution in [2.45, 2.75) is 6.30 Å². The van der Waals surface area contributed by atoms with Gasteiger partial charge >= 0.3 is 6.30 Å². The van der Waals surface area contributed by atoms with Crippen LogP contribution in [0, 0.1) is 0 Å². The van der Waals surface area contributed by atoms with Crippen LogP contribution in [0.4, 0.5) is 13.2 Å². The molecule has 2 heterocycles. The molecule has 34 heavy (non-hydrogen) atoms. The van der Waals surface area contributed by atoms with Crippen LogP contribution < -0.4 is 0 Å². The summed E-state index contributed by atoms with van der Waals surface area (Å²) in [5.74, 6) is -1.19. The molecular formula is C26H13F3N2O3. The maximum absolute atomic E-state index is 14.0. The van der Waals surface area contributed by atoms with Crippen molar-refractivity contribution in [3.63, 3.8) is 0 Å². The minimum Gasteiger partial charge on any atom is -0.434 e. The summed E-state index contributed by atoms with van der Waals surface area (Å²) >= 11 is 0. The van der Waals surface area contributed by atoms with Crippen molar-refractivity contribution < 1.29 is 27.2 Å². The molecule has 1 aliphatic carbocycles. The molecule has 0 aliphatic heterocycles. The molecule has 0 saturated heterocycles. The third-order valence-corrected chi connectivity index (χ3v) is 5.81. The Balaban J connectivity index is 1.50. The number of alkyl halides is 3. The average molecular weight is 458 g/mol. The van der Waals surface area contributed by atoms with E-state index in [4.69, 9.17) is 4.42 Å². The zero-order valence-corrected chi connectivity index (χ0v) is 17.3. The number of Topliss-reactive ketones (excluding diaryl/α,β-unsaturated/α-hetero) is 2. The number of allylic oxidation sites excluding steroid dienone is 1. The summed E-state index contributed by atoms with van der Waals surface area (Å²) in [6.07, 6.45) is -3.90. The zero-order chi connectivity index (χ0) is 23.6. The summed E-state index contributed by atoms with van der Waals surface area (Å²) in [6.45, 7) is 0. The topological polar surface area (TPSA) is 65.1 Å². The second-order valence-corrected chi connectivity index (χ2v) is 7.91. The predicted molar refractivity (Wildman–Crippen MR) is 119 cm³/mol. The molecule has 0 amide bonds. The second-order valence-electron chi connectivity index (χ2n) is 7.91. The number of halogens is 3. The molecule has 1 aliphatic rings. The number of ketones is 2. The molecule has 5 nitrogen and oxygen atoms in total. The lowest BCUT2D eigenvalue weighted by atomic mass is 10.0. The second kappa shape index (κ2) is 7.02. The number of carbonyl (C=O) groups is 2. The fourth-order valence-corrected chi connectivity index (χ4v) is 4.26. The summed E-state index contributed by atoms with van der Waals surface area (Å²) in [5, 5.41) is 1.52. The third kappa shape index (κ3) is 2.99. The van der Waals surface area contributed by atoms with E-state index < -0.39 is 29.2 Å². The van der Waals surface area contributed by atoms with Gasteiger partial charge in [0.05, 0.1) is 11.3 Å². The van der Waals surface area contributed by atoms with Crippen molar-refractivity contribution in [2.75, 3.05) is 0 Å². The van der Waals surface area contributed by atoms with E-state index in [-0.39, 0.29) is 32.7 Å². The van der Waals surface area contributed by atoms with E-state index in [2.05, 4.69) is 4.98 Å². The largest absolute Gasteiger partial charge is 0.490 e. The highest BCUT2D eigenvalue weighted by molar-refractivity contribution is 6.42. The number of benzene rings is 3. The molecule has 0 radical (unpaired) electrons. The van der Waals surface area contributed by atoms with Crippen LogP contribution in [0.2, 0.25) is 0 Å². The van der Waals surface area contributed by atoms with Gasteiger partial charge in [-0.1, -0.05) is 42.5 Å². The van der Waals surface area contributed by atoms with Crippen LogP contribution >= 0.6 is 0 Å². The zero-order valence-electron chi connectivity index (χ0n) is 17.3. The smallest absolute Gasteiger partial charge is 0.434 e. The van der Waals surface area contributed by atoms with E-state index in [9.17, 15) is 22.8 Å². The fraction of sp³-hybridized carbons (Fsp3) is 0.0385. The van der Waals surface area contributed by atoms with E-state index in [1.54, 1.807) is 66.7 Å². The molecule has 6 rings (SSSR count). The lowest BCUT2D eigenvalue weighted by Crippen LogP contribution is -2.18. The number of aromatic nitrogens is 2. The van der Waals surface area contributed by atoms with Crippen LogP contribution in [0.15, 0.2) is 82.8 Å². The van der Waals surface area contributed by atoms with Gasteiger partial charge in [0.1, 0.15) is 0 Å². The van der Waals surface area contributed by atoms with Crippen LogP contribution in [0.3, 0.4) is 0 Å². The number of hydrogen-bond acceptors (Lipinski definition) is 4. The van der Waals surface area contributed by atoms with Gasteiger partial charge in [0.15, 0.2) is 22.8 Å². The number of fused-ring (bicyclic) bond motifs is 3. The Morgan fingerprint density at radius 2 is 1.41 bits per heavy atom. The van der Waals surface area contributed by atoms with Crippen LogP contribution in [-0.4, -0.2) is 21.1 Å². The number of hydrogen-bond donors (Lipinski definition) is 0. The minimum absolute atomic E-state index is 0.0192. The molecule has 0 unspecified atom stereocenters. The Labute approximate surface area is 189 Å². The van der Waals surface area contributed by atoms with Crippen molar-refractivity contribution in [3.05, 3.63) is 95.2 Å². The summed E-state index contributed by atoms with van der Waals surface area (Å²) < 4.78 is 47.7. The Morgan fingerprint density at radius 3 is 2.00 bits per heavy atom. The number of nitrogens with zero attached hydrogens (tertiary/aromatic N) is 2. The summed E-state index contributed by atoms with van der Waals surface area (Å²) in [4.78, 5) is 30.0. The third-order valence-electron chi connectivity index (χ3n) is 5.81. The van der Waals surface area contributed by atoms with Crippen LogP contribution in [-0.2, 0) is 6.30 Å². The summed E-state index contributed by atoms with van der Waals surface area (Å²) in [6, 6.07) is 20.1. The molecule has 0 spiro atoms. The van der Waals surface area contributed by atoms with Gasteiger partial charge in [-0.2, -0.15) is 4.98 Å². The first-order chi connectivity index (χ1) is 16.3. The Kier molecular flexibility index (Phi) is 4.16. The van der Waals surface area contributed by atoms with Gasteiger partial charge < -0.3 is 4.42 Å². The first-order valence-electron chi connectivity index (χ1n) is 10.3. The molecular weight excluding hydrogens is 445 g/mol. The first kappa shape index (κ1) is 20.2. The van der Waals surface area contributed by atoms with Gasteiger partial charge in [-0.05, 0) is 41.1 Å². The predicted octanol–water partition coefficient (Wildman–Crippen LogP) is 6.39. The van der Waals surface area contributed by atoms with Gasteiger partial charge in [-0.15, -0.1) is 13.2 Å². The maximum Gasteiger partial charge on any atom is 0.490 e. The molecule has 8 heteroatoms. The van der Waals surface area contributed by atoms with Crippen molar-refractivity contribution in [3.8, 4) is 11.5 Å². The standard InChI is InChI=1S/C26H13F3N2O3/c27-26(28,29)31-17(13-21-24(31)30-25(34-21)14-6-2-1-3-7-14)12-20-22(32)18-10-15-8-4-5-9-16(15)11-19(18)23(20)33/h1-13H. The van der Waals surface area contributed by atoms with Gasteiger partial charge in [-0.25, -0.2) is 4.57 Å². The molecule has 0 saturated carbocycles. The molecule has 0 bridgehead atoms. The highest BCUT2D eigenvalue weighted by atomic mass is 19.4. The Hall–Kier alpha value is -4.46. The fourth-order valence-electron chi connectivity index (χ4n) is 4.26. The van der Waals surface area contributed by atoms with Crippen LogP contribution in [0.25, 0.3) is 39.5 Å².